The third-order valence-electron chi connectivity index (χ3n) is 5.36. The number of halogens is 1. The number of nitrogens with one attached hydrogen (secondary N) is 1. The van der Waals surface area contributed by atoms with E-state index in [1.165, 1.54) is 38.5 Å². The van der Waals surface area contributed by atoms with Crippen LogP contribution in [0.25, 0.3) is 10.6 Å². The third kappa shape index (κ3) is 5.58. The Labute approximate surface area is 195 Å². The summed E-state index contributed by atoms with van der Waals surface area (Å²) >= 11 is 5.00. The van der Waals surface area contributed by atoms with E-state index in [1.807, 2.05) is 36.4 Å². The Hall–Kier alpha value is -2.10. The largest absolute Gasteiger partial charge is 0.364 e. The Kier molecular flexibility index (Phi) is 7.47. The first-order chi connectivity index (χ1) is 15.1. The van der Waals surface area contributed by atoms with Gasteiger partial charge in [0.05, 0.1) is 10.6 Å². The topological polar surface area (TPSA) is 76.1 Å². The smallest absolute Gasteiger partial charge is 0.223 e. The molecule has 3 aromatic heterocycles. The summed E-state index contributed by atoms with van der Waals surface area (Å²) in [5, 5.41) is 4.36. The highest BCUT2D eigenvalue weighted by Gasteiger charge is 2.18. The maximum Gasteiger partial charge on any atom is 0.223 e. The molecule has 0 aliphatic heterocycles. The number of nitrogens with zero attached hydrogens (tertiary/aromatic N) is 5. The molecule has 0 bridgehead atoms. The van der Waals surface area contributed by atoms with Crippen LogP contribution in [0.1, 0.15) is 44.1 Å². The number of hydrogen-bond acceptors (Lipinski definition) is 8. The molecular formula is C22H27BrN6OS. The molecule has 1 aliphatic carbocycles. The van der Waals surface area contributed by atoms with Crippen molar-refractivity contribution in [3.05, 3.63) is 40.8 Å². The number of thiazole rings is 1. The van der Waals surface area contributed by atoms with E-state index in [2.05, 4.69) is 36.2 Å². The van der Waals surface area contributed by atoms with Crippen LogP contribution in [0.4, 0.5) is 16.9 Å². The van der Waals surface area contributed by atoms with Crippen LogP contribution >= 0.6 is 27.3 Å². The lowest BCUT2D eigenvalue weighted by atomic mass is 10.1. The summed E-state index contributed by atoms with van der Waals surface area (Å²) < 4.78 is 6.33. The third-order valence-corrected chi connectivity index (χ3v) is 6.86. The molecule has 3 aromatic rings. The zero-order valence-corrected chi connectivity index (χ0v) is 20.2. The summed E-state index contributed by atoms with van der Waals surface area (Å²) in [4.78, 5) is 21.5. The second kappa shape index (κ2) is 10.5. The van der Waals surface area contributed by atoms with Gasteiger partial charge in [-0.2, -0.15) is 0 Å². The summed E-state index contributed by atoms with van der Waals surface area (Å²) in [5.74, 6) is 1.48. The predicted molar refractivity (Wildman–Crippen MR) is 129 cm³/mol. The van der Waals surface area contributed by atoms with Gasteiger partial charge in [0.2, 0.25) is 5.95 Å². The monoisotopic (exact) mass is 502 g/mol. The van der Waals surface area contributed by atoms with E-state index >= 15 is 0 Å². The van der Waals surface area contributed by atoms with Crippen molar-refractivity contribution in [1.82, 2.24) is 19.9 Å². The number of ether oxygens (including phenoxy) is 1. The van der Waals surface area contributed by atoms with E-state index in [4.69, 9.17) is 9.72 Å². The minimum atomic E-state index is 0.360. The van der Waals surface area contributed by atoms with Crippen molar-refractivity contribution in [1.29, 1.82) is 0 Å². The van der Waals surface area contributed by atoms with Crippen LogP contribution in [0.15, 0.2) is 35.2 Å². The molecule has 1 aliphatic rings. The number of pyridine rings is 1. The molecule has 0 atom stereocenters. The van der Waals surface area contributed by atoms with Crippen LogP contribution in [-0.4, -0.2) is 39.8 Å². The summed E-state index contributed by atoms with van der Waals surface area (Å²) in [6, 6.07) is 4.35. The van der Waals surface area contributed by atoms with Gasteiger partial charge in [0.15, 0.2) is 5.13 Å². The van der Waals surface area contributed by atoms with E-state index in [9.17, 15) is 0 Å². The Morgan fingerprint density at radius 1 is 1.10 bits per heavy atom. The van der Waals surface area contributed by atoms with Gasteiger partial charge < -0.3 is 10.1 Å². The molecule has 1 fully saturated rings. The maximum absolute atomic E-state index is 5.40. The molecule has 1 saturated carbocycles. The Balaban J connectivity index is 1.57. The second-order valence-corrected chi connectivity index (χ2v) is 9.67. The number of anilines is 3. The number of rotatable bonds is 7. The first-order valence-corrected chi connectivity index (χ1v) is 12.2. The molecule has 0 unspecified atom stereocenters. The Morgan fingerprint density at radius 3 is 2.61 bits per heavy atom. The quantitative estimate of drug-likeness (QED) is 0.316. The van der Waals surface area contributed by atoms with Crippen LogP contribution in [0.3, 0.4) is 0 Å². The van der Waals surface area contributed by atoms with E-state index in [0.29, 0.717) is 18.7 Å². The minimum Gasteiger partial charge on any atom is -0.364 e. The number of hydrogen-bond donors (Lipinski definition) is 1. The zero-order chi connectivity index (χ0) is 21.6. The van der Waals surface area contributed by atoms with Gasteiger partial charge in [-0.15, -0.1) is 0 Å². The lowest BCUT2D eigenvalue weighted by Crippen LogP contribution is -2.20. The van der Waals surface area contributed by atoms with E-state index in [-0.39, 0.29) is 0 Å². The lowest BCUT2D eigenvalue weighted by Gasteiger charge is -2.19. The first-order valence-electron chi connectivity index (χ1n) is 10.6. The standard InChI is InChI=1S/C22H27BrN6OS/c1-15-11-25-21(27-17-7-5-3-4-6-8-17)28-20(15)18-13-26-22(31-18)29(14-30-2)19-10-9-16(23)12-24-19/h9-13,17H,3-8,14H2,1-2H3,(H,25,27,28). The van der Waals surface area contributed by atoms with E-state index in [1.54, 1.807) is 24.6 Å². The molecule has 0 saturated heterocycles. The van der Waals surface area contributed by atoms with Gasteiger partial charge in [0.1, 0.15) is 12.5 Å². The van der Waals surface area contributed by atoms with Crippen molar-refractivity contribution in [2.45, 2.75) is 51.5 Å². The molecule has 31 heavy (non-hydrogen) atoms. The van der Waals surface area contributed by atoms with Crippen molar-refractivity contribution in [3.63, 3.8) is 0 Å². The van der Waals surface area contributed by atoms with Crippen molar-refractivity contribution in [3.8, 4) is 10.6 Å². The second-order valence-electron chi connectivity index (χ2n) is 7.75. The highest BCUT2D eigenvalue weighted by Crippen LogP contribution is 2.35. The SMILES string of the molecule is COCN(c1ccc(Br)cn1)c1ncc(-c2nc(NC3CCCCCC3)ncc2C)s1. The molecular weight excluding hydrogens is 476 g/mol. The highest BCUT2D eigenvalue weighted by molar-refractivity contribution is 9.10. The molecule has 4 rings (SSSR count). The van der Waals surface area contributed by atoms with E-state index in [0.717, 1.165) is 31.6 Å². The average molecular weight is 503 g/mol. The molecule has 0 aromatic carbocycles. The van der Waals surface area contributed by atoms with Crippen molar-refractivity contribution in [2.75, 3.05) is 24.1 Å². The zero-order valence-electron chi connectivity index (χ0n) is 17.8. The van der Waals surface area contributed by atoms with Gasteiger partial charge in [-0.05, 0) is 53.4 Å². The molecule has 0 radical (unpaired) electrons. The van der Waals surface area contributed by atoms with Crippen LogP contribution in [0.2, 0.25) is 0 Å². The molecule has 1 N–H and O–H groups in total. The summed E-state index contributed by atoms with van der Waals surface area (Å²) in [6.07, 6.45) is 13.1. The Bertz CT molecular complexity index is 988. The van der Waals surface area contributed by atoms with Gasteiger partial charge in [-0.3, -0.25) is 4.90 Å². The van der Waals surface area contributed by atoms with Crippen molar-refractivity contribution in [2.24, 2.45) is 0 Å². The van der Waals surface area contributed by atoms with Gasteiger partial charge in [0.25, 0.3) is 0 Å². The number of aromatic nitrogens is 4. The fourth-order valence-corrected chi connectivity index (χ4v) is 4.94. The fraction of sp³-hybridized carbons (Fsp3) is 0.455. The molecule has 0 spiro atoms. The lowest BCUT2D eigenvalue weighted by molar-refractivity contribution is 0.205. The van der Waals surface area contributed by atoms with Gasteiger partial charge in [0, 0.05) is 36.2 Å². The van der Waals surface area contributed by atoms with Gasteiger partial charge in [-0.1, -0.05) is 37.0 Å². The Morgan fingerprint density at radius 2 is 1.90 bits per heavy atom. The normalized spacial score (nSPS) is 14.9. The van der Waals surface area contributed by atoms with Crippen LogP contribution < -0.4 is 10.2 Å². The first kappa shape index (κ1) is 22.1. The van der Waals surface area contributed by atoms with Gasteiger partial charge >= 0.3 is 0 Å². The molecule has 3 heterocycles. The van der Waals surface area contributed by atoms with Crippen LogP contribution in [0, 0.1) is 6.92 Å². The molecule has 9 heteroatoms. The molecule has 7 nitrogen and oxygen atoms in total. The number of methoxy groups -OCH3 is 1. The van der Waals surface area contributed by atoms with E-state index < -0.39 is 0 Å². The highest BCUT2D eigenvalue weighted by atomic mass is 79.9. The minimum absolute atomic E-state index is 0.360. The van der Waals surface area contributed by atoms with Crippen LogP contribution in [-0.2, 0) is 4.74 Å². The van der Waals surface area contributed by atoms with Crippen LogP contribution in [0.5, 0.6) is 0 Å². The summed E-state index contributed by atoms with van der Waals surface area (Å²) in [7, 11) is 1.67. The predicted octanol–water partition coefficient (Wildman–Crippen LogP) is 5.94. The maximum atomic E-state index is 5.40. The summed E-state index contributed by atoms with van der Waals surface area (Å²) in [6.45, 7) is 2.40. The number of aryl methyl sites for hydroxylation is 1. The molecule has 0 amide bonds. The van der Waals surface area contributed by atoms with Crippen molar-refractivity contribution >= 4 is 44.2 Å². The fourth-order valence-electron chi connectivity index (χ4n) is 3.74. The van der Waals surface area contributed by atoms with Gasteiger partial charge in [-0.25, -0.2) is 19.9 Å². The molecule has 164 valence electrons. The van der Waals surface area contributed by atoms with Crippen molar-refractivity contribution < 1.29 is 4.74 Å². The summed E-state index contributed by atoms with van der Waals surface area (Å²) in [5.41, 5.74) is 1.94. The average Bonchev–Trinajstić information content (AvgIpc) is 3.11.